The van der Waals surface area contributed by atoms with Gasteiger partial charge >= 0.3 is 0 Å². The average Bonchev–Trinajstić information content (AvgIpc) is 3.30. The zero-order chi connectivity index (χ0) is 14.9. The lowest BCUT2D eigenvalue weighted by atomic mass is 10.2. The molecule has 0 radical (unpaired) electrons. The predicted molar refractivity (Wildman–Crippen MR) is 84.1 cm³/mol. The fraction of sp³-hybridized carbons (Fsp3) is 0.625. The Morgan fingerprint density at radius 3 is 2.76 bits per heavy atom. The SMILES string of the molecule is COCCOCCCOc1ccc(CNC2CC2)cc1Cl. The van der Waals surface area contributed by atoms with Crippen LogP contribution in [0.4, 0.5) is 0 Å². The van der Waals surface area contributed by atoms with Crippen molar-refractivity contribution in [2.45, 2.75) is 31.8 Å². The third-order valence-electron chi connectivity index (χ3n) is 3.29. The summed E-state index contributed by atoms with van der Waals surface area (Å²) < 4.78 is 16.0. The predicted octanol–water partition coefficient (Wildman–Crippen LogP) is 3.02. The maximum Gasteiger partial charge on any atom is 0.137 e. The summed E-state index contributed by atoms with van der Waals surface area (Å²) in [5.41, 5.74) is 1.20. The topological polar surface area (TPSA) is 39.7 Å². The molecule has 0 amide bonds. The maximum absolute atomic E-state index is 6.24. The summed E-state index contributed by atoms with van der Waals surface area (Å²) in [6.45, 7) is 3.40. The Balaban J connectivity index is 1.63. The quantitative estimate of drug-likeness (QED) is 0.637. The Bertz CT molecular complexity index is 424. The fourth-order valence-electron chi connectivity index (χ4n) is 1.91. The second kappa shape index (κ2) is 9.26. The second-order valence-electron chi connectivity index (χ2n) is 5.23. The van der Waals surface area contributed by atoms with Crippen LogP contribution in [0.2, 0.25) is 5.02 Å². The Hall–Kier alpha value is -0.810. The van der Waals surface area contributed by atoms with Crippen molar-refractivity contribution in [3.63, 3.8) is 0 Å². The van der Waals surface area contributed by atoms with Crippen LogP contribution in [0, 0.1) is 0 Å². The third kappa shape index (κ3) is 6.66. The summed E-state index contributed by atoms with van der Waals surface area (Å²) in [6, 6.07) is 6.68. The summed E-state index contributed by atoms with van der Waals surface area (Å²) in [6.07, 6.45) is 3.42. The highest BCUT2D eigenvalue weighted by atomic mass is 35.5. The van der Waals surface area contributed by atoms with Gasteiger partial charge in [0.05, 0.1) is 24.8 Å². The Morgan fingerprint density at radius 1 is 1.19 bits per heavy atom. The van der Waals surface area contributed by atoms with Gasteiger partial charge in [-0.05, 0) is 30.5 Å². The van der Waals surface area contributed by atoms with Crippen LogP contribution >= 0.6 is 11.6 Å². The summed E-state index contributed by atoms with van der Waals surface area (Å²) in [5.74, 6) is 0.740. The Labute approximate surface area is 131 Å². The highest BCUT2D eigenvalue weighted by Crippen LogP contribution is 2.26. The molecule has 0 saturated heterocycles. The molecule has 0 aromatic heterocycles. The second-order valence-corrected chi connectivity index (χ2v) is 5.63. The molecule has 2 rings (SSSR count). The molecule has 0 heterocycles. The van der Waals surface area contributed by atoms with Gasteiger partial charge in [0.15, 0.2) is 0 Å². The minimum Gasteiger partial charge on any atom is -0.492 e. The van der Waals surface area contributed by atoms with E-state index in [-0.39, 0.29) is 0 Å². The smallest absolute Gasteiger partial charge is 0.137 e. The van der Waals surface area contributed by atoms with Crippen molar-refractivity contribution in [2.24, 2.45) is 0 Å². The zero-order valence-corrected chi connectivity index (χ0v) is 13.3. The standard InChI is InChI=1S/C16H24ClNO3/c1-19-9-10-20-7-2-8-21-16-6-3-13(11-15(16)17)12-18-14-4-5-14/h3,6,11,14,18H,2,4-5,7-10,12H2,1H3. The first-order valence-electron chi connectivity index (χ1n) is 7.51. The molecule has 1 aliphatic carbocycles. The van der Waals surface area contributed by atoms with E-state index in [1.807, 2.05) is 12.1 Å². The van der Waals surface area contributed by atoms with Crippen molar-refractivity contribution in [1.82, 2.24) is 5.32 Å². The van der Waals surface area contributed by atoms with E-state index >= 15 is 0 Å². The normalized spacial score (nSPS) is 14.4. The van der Waals surface area contributed by atoms with Gasteiger partial charge in [0.2, 0.25) is 0 Å². The van der Waals surface area contributed by atoms with Crippen LogP contribution < -0.4 is 10.1 Å². The summed E-state index contributed by atoms with van der Waals surface area (Å²) in [5, 5.41) is 4.14. The van der Waals surface area contributed by atoms with Gasteiger partial charge in [-0.2, -0.15) is 0 Å². The van der Waals surface area contributed by atoms with Crippen LogP contribution in [0.3, 0.4) is 0 Å². The molecule has 1 saturated carbocycles. The lowest BCUT2D eigenvalue weighted by molar-refractivity contribution is 0.0644. The third-order valence-corrected chi connectivity index (χ3v) is 3.59. The largest absolute Gasteiger partial charge is 0.492 e. The monoisotopic (exact) mass is 313 g/mol. The number of ether oxygens (including phenoxy) is 3. The van der Waals surface area contributed by atoms with E-state index in [2.05, 4.69) is 11.4 Å². The van der Waals surface area contributed by atoms with Crippen LogP contribution in [0.5, 0.6) is 5.75 Å². The number of benzene rings is 1. The molecule has 4 nitrogen and oxygen atoms in total. The molecule has 1 aromatic rings. The van der Waals surface area contributed by atoms with Gasteiger partial charge in [0.25, 0.3) is 0 Å². The molecular weight excluding hydrogens is 290 g/mol. The molecule has 1 N–H and O–H groups in total. The molecule has 0 atom stereocenters. The highest BCUT2D eigenvalue weighted by molar-refractivity contribution is 6.32. The lowest BCUT2D eigenvalue weighted by Crippen LogP contribution is -2.15. The molecule has 118 valence electrons. The van der Waals surface area contributed by atoms with E-state index in [1.165, 1.54) is 18.4 Å². The summed E-state index contributed by atoms with van der Waals surface area (Å²) >= 11 is 6.24. The van der Waals surface area contributed by atoms with Gasteiger partial charge in [-0.15, -0.1) is 0 Å². The Morgan fingerprint density at radius 2 is 2.05 bits per heavy atom. The van der Waals surface area contributed by atoms with E-state index < -0.39 is 0 Å². The van der Waals surface area contributed by atoms with E-state index in [1.54, 1.807) is 7.11 Å². The first-order chi connectivity index (χ1) is 10.3. The van der Waals surface area contributed by atoms with Crippen LogP contribution in [0.25, 0.3) is 0 Å². The van der Waals surface area contributed by atoms with Gasteiger partial charge in [-0.1, -0.05) is 17.7 Å². The van der Waals surface area contributed by atoms with Crippen LogP contribution in [0.15, 0.2) is 18.2 Å². The van der Waals surface area contributed by atoms with Crippen LogP contribution in [-0.2, 0) is 16.0 Å². The van der Waals surface area contributed by atoms with Gasteiger partial charge in [0.1, 0.15) is 5.75 Å². The zero-order valence-electron chi connectivity index (χ0n) is 12.6. The van der Waals surface area contributed by atoms with Crippen LogP contribution in [0.1, 0.15) is 24.8 Å². The molecule has 0 bridgehead atoms. The van der Waals surface area contributed by atoms with Gasteiger partial charge in [-0.3, -0.25) is 0 Å². The molecule has 0 spiro atoms. The molecule has 1 fully saturated rings. The minimum atomic E-state index is 0.604. The van der Waals surface area contributed by atoms with E-state index in [0.717, 1.165) is 18.7 Å². The molecule has 1 aliphatic rings. The number of halogens is 1. The van der Waals surface area contributed by atoms with E-state index in [0.29, 0.717) is 37.5 Å². The van der Waals surface area contributed by atoms with Crippen molar-refractivity contribution >= 4 is 11.6 Å². The summed E-state index contributed by atoms with van der Waals surface area (Å²) in [4.78, 5) is 0. The first kappa shape index (κ1) is 16.6. The van der Waals surface area contributed by atoms with Gasteiger partial charge in [-0.25, -0.2) is 0 Å². The van der Waals surface area contributed by atoms with Gasteiger partial charge < -0.3 is 19.5 Å². The maximum atomic E-state index is 6.24. The minimum absolute atomic E-state index is 0.604. The molecule has 1 aromatic carbocycles. The first-order valence-corrected chi connectivity index (χ1v) is 7.88. The highest BCUT2D eigenvalue weighted by Gasteiger charge is 2.19. The molecule has 0 aliphatic heterocycles. The number of nitrogens with one attached hydrogen (secondary N) is 1. The van der Waals surface area contributed by atoms with Crippen molar-refractivity contribution in [2.75, 3.05) is 33.5 Å². The van der Waals surface area contributed by atoms with Crippen molar-refractivity contribution < 1.29 is 14.2 Å². The molecule has 21 heavy (non-hydrogen) atoms. The molecular formula is C16H24ClNO3. The lowest BCUT2D eigenvalue weighted by Gasteiger charge is -2.10. The van der Waals surface area contributed by atoms with E-state index in [4.69, 9.17) is 25.8 Å². The molecule has 0 unspecified atom stereocenters. The number of rotatable bonds is 11. The van der Waals surface area contributed by atoms with Gasteiger partial charge in [0, 0.05) is 32.7 Å². The Kier molecular flexibility index (Phi) is 7.30. The fourth-order valence-corrected chi connectivity index (χ4v) is 2.17. The van der Waals surface area contributed by atoms with Crippen molar-refractivity contribution in [3.05, 3.63) is 28.8 Å². The van der Waals surface area contributed by atoms with E-state index in [9.17, 15) is 0 Å². The molecule has 5 heteroatoms. The number of methoxy groups -OCH3 is 1. The summed E-state index contributed by atoms with van der Waals surface area (Å²) in [7, 11) is 1.66. The van der Waals surface area contributed by atoms with Crippen molar-refractivity contribution in [1.29, 1.82) is 0 Å². The van der Waals surface area contributed by atoms with Crippen LogP contribution in [-0.4, -0.2) is 39.6 Å². The van der Waals surface area contributed by atoms with Crippen molar-refractivity contribution in [3.8, 4) is 5.75 Å². The number of hydrogen-bond acceptors (Lipinski definition) is 4. The number of hydrogen-bond donors (Lipinski definition) is 1. The average molecular weight is 314 g/mol.